The van der Waals surface area contributed by atoms with Gasteiger partial charge in [0.1, 0.15) is 0 Å². The van der Waals surface area contributed by atoms with Gasteiger partial charge in [0.2, 0.25) is 0 Å². The number of ether oxygens (including phenoxy) is 1. The maximum atomic E-state index is 12.4. The van der Waals surface area contributed by atoms with Gasteiger partial charge in [-0.3, -0.25) is 4.79 Å². The molecule has 0 fully saturated rings. The number of benzene rings is 2. The number of para-hydroxylation sites is 1. The van der Waals surface area contributed by atoms with Crippen LogP contribution in [0.1, 0.15) is 28.7 Å². The van der Waals surface area contributed by atoms with Crippen LogP contribution in [0.5, 0.6) is 0 Å². The number of nitrogens with one attached hydrogen (secondary N) is 1. The molecule has 1 atom stereocenters. The SMILES string of the molecule is Cc1nn(-c2ccccc2)nc1C(=O)O[C@@H](C)C(=O)NCCc1ccccc1. The van der Waals surface area contributed by atoms with Crippen molar-refractivity contribution in [3.8, 4) is 5.69 Å². The van der Waals surface area contributed by atoms with Gasteiger partial charge in [-0.2, -0.15) is 9.90 Å². The van der Waals surface area contributed by atoms with Crippen molar-refractivity contribution in [3.63, 3.8) is 0 Å². The van der Waals surface area contributed by atoms with Crippen molar-refractivity contribution < 1.29 is 14.3 Å². The molecule has 0 spiro atoms. The number of amides is 1. The van der Waals surface area contributed by atoms with E-state index in [2.05, 4.69) is 15.5 Å². The molecule has 0 saturated heterocycles. The minimum Gasteiger partial charge on any atom is -0.448 e. The molecule has 0 aliphatic heterocycles. The van der Waals surface area contributed by atoms with Crippen LogP contribution >= 0.6 is 0 Å². The molecule has 0 radical (unpaired) electrons. The molecule has 28 heavy (non-hydrogen) atoms. The van der Waals surface area contributed by atoms with Crippen LogP contribution in [0, 0.1) is 6.92 Å². The molecule has 7 nitrogen and oxygen atoms in total. The molecular weight excluding hydrogens is 356 g/mol. The molecule has 0 unspecified atom stereocenters. The summed E-state index contributed by atoms with van der Waals surface area (Å²) in [6, 6.07) is 19.1. The van der Waals surface area contributed by atoms with Crippen LogP contribution in [-0.4, -0.2) is 39.5 Å². The lowest BCUT2D eigenvalue weighted by atomic mass is 10.1. The lowest BCUT2D eigenvalue weighted by molar-refractivity contribution is -0.129. The molecule has 7 heteroatoms. The third-order valence-corrected chi connectivity index (χ3v) is 4.17. The molecule has 1 N–H and O–H groups in total. The summed E-state index contributed by atoms with van der Waals surface area (Å²) in [6.07, 6.45) is -0.220. The third-order valence-electron chi connectivity index (χ3n) is 4.17. The standard InChI is InChI=1S/C21H22N4O3/c1-15-19(24-25(23-15)18-11-7-4-8-12-18)21(27)28-16(2)20(26)22-14-13-17-9-5-3-6-10-17/h3-12,16H,13-14H2,1-2H3,(H,22,26)/t16-/m0/s1. The van der Waals surface area contributed by atoms with E-state index in [4.69, 9.17) is 4.74 Å². The van der Waals surface area contributed by atoms with Crippen molar-refractivity contribution in [2.45, 2.75) is 26.4 Å². The number of carbonyl (C=O) groups excluding carboxylic acids is 2. The number of aromatic nitrogens is 3. The van der Waals surface area contributed by atoms with E-state index in [9.17, 15) is 9.59 Å². The number of esters is 1. The highest BCUT2D eigenvalue weighted by molar-refractivity contribution is 5.91. The lowest BCUT2D eigenvalue weighted by Crippen LogP contribution is -2.37. The van der Waals surface area contributed by atoms with Crippen molar-refractivity contribution in [3.05, 3.63) is 77.6 Å². The second-order valence-corrected chi connectivity index (χ2v) is 6.33. The van der Waals surface area contributed by atoms with E-state index >= 15 is 0 Å². The first kappa shape index (κ1) is 19.3. The molecule has 0 aliphatic rings. The average molecular weight is 378 g/mol. The summed E-state index contributed by atoms with van der Waals surface area (Å²) in [6.45, 7) is 3.67. The number of hydrogen-bond donors (Lipinski definition) is 1. The zero-order valence-corrected chi connectivity index (χ0v) is 15.8. The predicted octanol–water partition coefficient (Wildman–Crippen LogP) is 2.48. The number of hydrogen-bond acceptors (Lipinski definition) is 5. The van der Waals surface area contributed by atoms with Gasteiger partial charge in [-0.05, 0) is 38.0 Å². The second-order valence-electron chi connectivity index (χ2n) is 6.33. The first-order valence-electron chi connectivity index (χ1n) is 9.06. The summed E-state index contributed by atoms with van der Waals surface area (Å²) in [4.78, 5) is 26.0. The number of aryl methyl sites for hydroxylation is 1. The average Bonchev–Trinajstić information content (AvgIpc) is 3.11. The highest BCUT2D eigenvalue weighted by Gasteiger charge is 2.23. The molecule has 2 aromatic carbocycles. The number of rotatable bonds is 7. The van der Waals surface area contributed by atoms with Gasteiger partial charge in [0.05, 0.1) is 11.4 Å². The van der Waals surface area contributed by atoms with E-state index in [1.807, 2.05) is 60.7 Å². The Labute approximate surface area is 163 Å². The molecule has 3 aromatic rings. The second kappa shape index (κ2) is 8.94. The summed E-state index contributed by atoms with van der Waals surface area (Å²) in [5.74, 6) is -1.03. The Morgan fingerprint density at radius 2 is 1.68 bits per heavy atom. The monoisotopic (exact) mass is 378 g/mol. The molecule has 3 rings (SSSR count). The smallest absolute Gasteiger partial charge is 0.361 e. The normalized spacial score (nSPS) is 11.6. The van der Waals surface area contributed by atoms with Gasteiger partial charge in [-0.1, -0.05) is 48.5 Å². The van der Waals surface area contributed by atoms with Gasteiger partial charge in [0, 0.05) is 6.54 Å². The molecule has 1 heterocycles. The fourth-order valence-electron chi connectivity index (χ4n) is 2.63. The van der Waals surface area contributed by atoms with E-state index in [-0.39, 0.29) is 11.6 Å². The quantitative estimate of drug-likeness (QED) is 0.639. The van der Waals surface area contributed by atoms with Gasteiger partial charge in [-0.15, -0.1) is 5.10 Å². The van der Waals surface area contributed by atoms with E-state index in [1.165, 1.54) is 11.7 Å². The van der Waals surface area contributed by atoms with Gasteiger partial charge in [0.25, 0.3) is 5.91 Å². The Morgan fingerprint density at radius 1 is 1.04 bits per heavy atom. The summed E-state index contributed by atoms with van der Waals surface area (Å²) < 4.78 is 5.26. The van der Waals surface area contributed by atoms with Crippen molar-refractivity contribution in [2.24, 2.45) is 0 Å². The largest absolute Gasteiger partial charge is 0.448 e. The first-order valence-corrected chi connectivity index (χ1v) is 9.06. The molecule has 0 aliphatic carbocycles. The summed E-state index contributed by atoms with van der Waals surface area (Å²) >= 11 is 0. The zero-order chi connectivity index (χ0) is 19.9. The molecular formula is C21H22N4O3. The van der Waals surface area contributed by atoms with Gasteiger partial charge in [0.15, 0.2) is 11.8 Å². The minimum absolute atomic E-state index is 0.0905. The maximum absolute atomic E-state index is 12.4. The van der Waals surface area contributed by atoms with Crippen LogP contribution < -0.4 is 5.32 Å². The van der Waals surface area contributed by atoms with Crippen LogP contribution in [0.15, 0.2) is 60.7 Å². The molecule has 0 saturated carbocycles. The summed E-state index contributed by atoms with van der Waals surface area (Å²) in [5, 5.41) is 11.2. The van der Waals surface area contributed by atoms with Crippen molar-refractivity contribution >= 4 is 11.9 Å². The van der Waals surface area contributed by atoms with E-state index in [0.29, 0.717) is 18.7 Å². The Hall–Kier alpha value is -3.48. The van der Waals surface area contributed by atoms with Crippen LogP contribution in [0.2, 0.25) is 0 Å². The highest BCUT2D eigenvalue weighted by Crippen LogP contribution is 2.10. The summed E-state index contributed by atoms with van der Waals surface area (Å²) in [5.41, 5.74) is 2.38. The molecule has 1 aromatic heterocycles. The first-order chi connectivity index (χ1) is 13.5. The maximum Gasteiger partial charge on any atom is 0.361 e. The topological polar surface area (TPSA) is 86.1 Å². The highest BCUT2D eigenvalue weighted by atomic mass is 16.5. The van der Waals surface area contributed by atoms with Crippen LogP contribution in [0.3, 0.4) is 0 Å². The molecule has 1 amide bonds. The third kappa shape index (κ3) is 4.82. The van der Waals surface area contributed by atoms with Crippen LogP contribution in [-0.2, 0) is 16.0 Å². The Bertz CT molecular complexity index is 939. The predicted molar refractivity (Wildman–Crippen MR) is 104 cm³/mol. The fourth-order valence-corrected chi connectivity index (χ4v) is 2.63. The zero-order valence-electron chi connectivity index (χ0n) is 15.8. The Balaban J connectivity index is 1.55. The van der Waals surface area contributed by atoms with Crippen molar-refractivity contribution in [2.75, 3.05) is 6.54 Å². The summed E-state index contributed by atoms with van der Waals surface area (Å²) in [7, 11) is 0. The number of nitrogens with zero attached hydrogens (tertiary/aromatic N) is 3. The van der Waals surface area contributed by atoms with Crippen molar-refractivity contribution in [1.82, 2.24) is 20.3 Å². The fraction of sp³-hybridized carbons (Fsp3) is 0.238. The van der Waals surface area contributed by atoms with E-state index in [1.54, 1.807) is 6.92 Å². The minimum atomic E-state index is -0.926. The van der Waals surface area contributed by atoms with Crippen LogP contribution in [0.25, 0.3) is 5.69 Å². The lowest BCUT2D eigenvalue weighted by Gasteiger charge is -2.12. The molecule has 0 bridgehead atoms. The molecule has 144 valence electrons. The Kier molecular flexibility index (Phi) is 6.16. The van der Waals surface area contributed by atoms with Gasteiger partial charge >= 0.3 is 5.97 Å². The van der Waals surface area contributed by atoms with E-state index in [0.717, 1.165) is 11.3 Å². The van der Waals surface area contributed by atoms with Gasteiger partial charge < -0.3 is 10.1 Å². The Morgan fingerprint density at radius 3 is 2.36 bits per heavy atom. The van der Waals surface area contributed by atoms with Gasteiger partial charge in [-0.25, -0.2) is 4.79 Å². The number of carbonyl (C=O) groups is 2. The van der Waals surface area contributed by atoms with Crippen LogP contribution in [0.4, 0.5) is 0 Å². The van der Waals surface area contributed by atoms with E-state index < -0.39 is 12.1 Å². The van der Waals surface area contributed by atoms with Crippen molar-refractivity contribution in [1.29, 1.82) is 0 Å².